The second kappa shape index (κ2) is 3.95. The van der Waals surface area contributed by atoms with Crippen molar-refractivity contribution >= 4 is 6.21 Å². The van der Waals surface area contributed by atoms with Crippen molar-refractivity contribution in [3.05, 3.63) is 40.5 Å². The summed E-state index contributed by atoms with van der Waals surface area (Å²) in [6.45, 7) is 1.90. The summed E-state index contributed by atoms with van der Waals surface area (Å²) in [5.74, 6) is 1.17. The molecule has 78 valence electrons. The van der Waals surface area contributed by atoms with Gasteiger partial charge in [-0.2, -0.15) is 14.9 Å². The number of aromatic amines is 1. The first kappa shape index (κ1) is 9.45. The molecule has 0 aliphatic carbocycles. The Hall–Kier alpha value is -2.11. The monoisotopic (exact) mass is 206 g/mol. The Kier molecular flexibility index (Phi) is 2.49. The van der Waals surface area contributed by atoms with Gasteiger partial charge >= 0.3 is 5.69 Å². The van der Waals surface area contributed by atoms with E-state index in [4.69, 9.17) is 4.42 Å². The highest BCUT2D eigenvalue weighted by atomic mass is 16.3. The first-order valence-corrected chi connectivity index (χ1v) is 4.55. The molecule has 0 saturated carbocycles. The van der Waals surface area contributed by atoms with Gasteiger partial charge in [0.15, 0.2) is 5.82 Å². The van der Waals surface area contributed by atoms with E-state index in [9.17, 15) is 4.79 Å². The Balaban J connectivity index is 2.31. The van der Waals surface area contributed by atoms with Gasteiger partial charge in [0.1, 0.15) is 5.76 Å². The molecule has 0 radical (unpaired) electrons. The Bertz CT molecular complexity index is 506. The number of hydrogen-bond donors (Lipinski definition) is 1. The van der Waals surface area contributed by atoms with E-state index in [1.807, 2.05) is 6.92 Å². The molecule has 6 heteroatoms. The maximum atomic E-state index is 11.3. The zero-order chi connectivity index (χ0) is 10.7. The Morgan fingerprint density at radius 3 is 3.27 bits per heavy atom. The third kappa shape index (κ3) is 1.88. The van der Waals surface area contributed by atoms with Gasteiger partial charge in [-0.1, -0.05) is 6.92 Å². The van der Waals surface area contributed by atoms with Crippen molar-refractivity contribution in [1.82, 2.24) is 14.9 Å². The number of nitrogens with zero attached hydrogens (tertiary/aromatic N) is 3. The Morgan fingerprint density at radius 2 is 2.60 bits per heavy atom. The van der Waals surface area contributed by atoms with E-state index < -0.39 is 0 Å². The van der Waals surface area contributed by atoms with Crippen molar-refractivity contribution in [3.63, 3.8) is 0 Å². The average molecular weight is 206 g/mol. The van der Waals surface area contributed by atoms with E-state index in [1.165, 1.54) is 10.9 Å². The first-order chi connectivity index (χ1) is 7.31. The van der Waals surface area contributed by atoms with Crippen molar-refractivity contribution in [2.24, 2.45) is 5.10 Å². The third-order valence-corrected chi connectivity index (χ3v) is 1.88. The van der Waals surface area contributed by atoms with Gasteiger partial charge in [0.2, 0.25) is 0 Å². The molecule has 0 spiro atoms. The highest BCUT2D eigenvalue weighted by Crippen LogP contribution is 1.96. The normalized spacial score (nSPS) is 11.3. The topological polar surface area (TPSA) is 76.2 Å². The van der Waals surface area contributed by atoms with E-state index >= 15 is 0 Å². The largest absolute Gasteiger partial charge is 0.463 e. The predicted octanol–water partition coefficient (Wildman–Crippen LogP) is 0.609. The predicted molar refractivity (Wildman–Crippen MR) is 53.9 cm³/mol. The minimum atomic E-state index is -0.352. The molecule has 2 aromatic heterocycles. The fraction of sp³-hybridized carbons (Fsp3) is 0.222. The Morgan fingerprint density at radius 1 is 1.73 bits per heavy atom. The van der Waals surface area contributed by atoms with Crippen LogP contribution in [0, 0.1) is 0 Å². The molecule has 0 fully saturated rings. The lowest BCUT2D eigenvalue weighted by atomic mass is 10.5. The van der Waals surface area contributed by atoms with Crippen molar-refractivity contribution < 1.29 is 4.42 Å². The van der Waals surface area contributed by atoms with Gasteiger partial charge in [-0.05, 0) is 12.1 Å². The van der Waals surface area contributed by atoms with Crippen LogP contribution >= 0.6 is 0 Å². The molecule has 0 aliphatic rings. The molecule has 0 unspecified atom stereocenters. The summed E-state index contributed by atoms with van der Waals surface area (Å²) in [6, 6.07) is 3.50. The van der Waals surface area contributed by atoms with Crippen LogP contribution in [-0.2, 0) is 6.42 Å². The Labute approximate surface area is 85.2 Å². The van der Waals surface area contributed by atoms with Crippen molar-refractivity contribution in [3.8, 4) is 0 Å². The second-order valence-corrected chi connectivity index (χ2v) is 2.87. The highest BCUT2D eigenvalue weighted by Gasteiger charge is 2.03. The van der Waals surface area contributed by atoms with Gasteiger partial charge < -0.3 is 4.42 Å². The van der Waals surface area contributed by atoms with Crippen molar-refractivity contribution in [2.75, 3.05) is 0 Å². The molecular weight excluding hydrogens is 196 g/mol. The molecule has 0 atom stereocenters. The summed E-state index contributed by atoms with van der Waals surface area (Å²) in [6.07, 6.45) is 3.64. The fourth-order valence-corrected chi connectivity index (χ4v) is 1.15. The maximum Gasteiger partial charge on any atom is 0.364 e. The van der Waals surface area contributed by atoms with Crippen LogP contribution in [0.4, 0.5) is 0 Å². The molecule has 0 aliphatic heterocycles. The van der Waals surface area contributed by atoms with Crippen LogP contribution in [0.15, 0.2) is 32.7 Å². The summed E-state index contributed by atoms with van der Waals surface area (Å²) < 4.78 is 6.26. The molecule has 2 aromatic rings. The van der Waals surface area contributed by atoms with Crippen LogP contribution in [0.25, 0.3) is 0 Å². The van der Waals surface area contributed by atoms with E-state index in [2.05, 4.69) is 15.3 Å². The molecule has 2 heterocycles. The van der Waals surface area contributed by atoms with E-state index in [-0.39, 0.29) is 5.69 Å². The van der Waals surface area contributed by atoms with Crippen LogP contribution < -0.4 is 5.69 Å². The van der Waals surface area contributed by atoms with Gasteiger partial charge in [-0.15, -0.1) is 0 Å². The number of H-pyrrole nitrogens is 1. The van der Waals surface area contributed by atoms with E-state index in [1.54, 1.807) is 18.4 Å². The van der Waals surface area contributed by atoms with Crippen molar-refractivity contribution in [1.29, 1.82) is 0 Å². The standard InChI is InChI=1S/C9H10N4O2/c1-2-8-11-12-9(14)13(8)10-6-7-4-3-5-15-7/h3-6H,2H2,1H3,(H,12,14). The SMILES string of the molecule is CCc1n[nH]c(=O)n1N=Cc1ccco1. The van der Waals surface area contributed by atoms with Crippen LogP contribution in [0.2, 0.25) is 0 Å². The fourth-order valence-electron chi connectivity index (χ4n) is 1.15. The van der Waals surface area contributed by atoms with Crippen LogP contribution in [0.5, 0.6) is 0 Å². The number of furan rings is 1. The molecule has 6 nitrogen and oxygen atoms in total. The highest BCUT2D eigenvalue weighted by molar-refractivity contribution is 5.75. The van der Waals surface area contributed by atoms with E-state index in [0.29, 0.717) is 18.0 Å². The zero-order valence-electron chi connectivity index (χ0n) is 8.17. The summed E-state index contributed by atoms with van der Waals surface area (Å²) in [5, 5.41) is 10.1. The van der Waals surface area contributed by atoms with E-state index in [0.717, 1.165) is 0 Å². The second-order valence-electron chi connectivity index (χ2n) is 2.87. The smallest absolute Gasteiger partial charge is 0.364 e. The van der Waals surface area contributed by atoms with Gasteiger partial charge in [0.25, 0.3) is 0 Å². The first-order valence-electron chi connectivity index (χ1n) is 4.55. The third-order valence-electron chi connectivity index (χ3n) is 1.88. The summed E-state index contributed by atoms with van der Waals surface area (Å²) in [5.41, 5.74) is -0.352. The lowest BCUT2D eigenvalue weighted by Gasteiger charge is -1.93. The van der Waals surface area contributed by atoms with Crippen LogP contribution in [-0.4, -0.2) is 21.1 Å². The molecule has 0 amide bonds. The number of nitrogens with one attached hydrogen (secondary N) is 1. The van der Waals surface area contributed by atoms with Crippen molar-refractivity contribution in [2.45, 2.75) is 13.3 Å². The number of aromatic nitrogens is 3. The molecule has 2 rings (SSSR count). The maximum absolute atomic E-state index is 11.3. The molecular formula is C9H10N4O2. The molecule has 15 heavy (non-hydrogen) atoms. The van der Waals surface area contributed by atoms with Gasteiger partial charge in [0, 0.05) is 6.42 Å². The zero-order valence-corrected chi connectivity index (χ0v) is 8.17. The molecule has 1 N–H and O–H groups in total. The average Bonchev–Trinajstić information content (AvgIpc) is 2.84. The van der Waals surface area contributed by atoms with Gasteiger partial charge in [-0.25, -0.2) is 9.89 Å². The van der Waals surface area contributed by atoms with Gasteiger partial charge in [0.05, 0.1) is 12.5 Å². The number of aryl methyl sites for hydroxylation is 1. The molecule has 0 bridgehead atoms. The minimum Gasteiger partial charge on any atom is -0.463 e. The number of hydrogen-bond acceptors (Lipinski definition) is 4. The summed E-state index contributed by atoms with van der Waals surface area (Å²) in [7, 11) is 0. The lowest BCUT2D eigenvalue weighted by molar-refractivity contribution is 0.559. The van der Waals surface area contributed by atoms with Crippen LogP contribution in [0.1, 0.15) is 18.5 Å². The molecule has 0 aromatic carbocycles. The number of rotatable bonds is 3. The van der Waals surface area contributed by atoms with Gasteiger partial charge in [-0.3, -0.25) is 0 Å². The quantitative estimate of drug-likeness (QED) is 0.747. The molecule has 0 saturated heterocycles. The van der Waals surface area contributed by atoms with Crippen LogP contribution in [0.3, 0.4) is 0 Å². The summed E-state index contributed by atoms with van der Waals surface area (Å²) in [4.78, 5) is 11.3. The minimum absolute atomic E-state index is 0.352. The summed E-state index contributed by atoms with van der Waals surface area (Å²) >= 11 is 0. The lowest BCUT2D eigenvalue weighted by Crippen LogP contribution is -2.14.